The van der Waals surface area contributed by atoms with Crippen molar-refractivity contribution >= 4 is 26.5 Å². The average Bonchev–Trinajstić information content (AvgIpc) is 3.33. The van der Waals surface area contributed by atoms with Crippen LogP contribution in [0.25, 0.3) is 56.4 Å². The lowest BCUT2D eigenvalue weighted by Gasteiger charge is -2.21. The molecule has 6 aromatic rings. The molecule has 234 valence electrons. The molecule has 0 saturated heterocycles. The number of hydrogen-bond acceptors (Lipinski definition) is 3. The molecule has 0 N–H and O–H groups in total. The largest absolute Gasteiger partial charge is 0.208 e. The fraction of sp³-hybridized carbons (Fsp3) is 0.214. The summed E-state index contributed by atoms with van der Waals surface area (Å²) in [5.74, 6) is 1.02. The van der Waals surface area contributed by atoms with Gasteiger partial charge < -0.3 is 0 Å². The summed E-state index contributed by atoms with van der Waals surface area (Å²) in [6.45, 7) is 18.2. The first-order chi connectivity index (χ1) is 24.0. The predicted octanol–water partition coefficient (Wildman–Crippen LogP) is 9.94. The minimum absolute atomic E-state index is 0.0390. The maximum absolute atomic E-state index is 9.67. The molecule has 3 nitrogen and oxygen atoms in total. The summed E-state index contributed by atoms with van der Waals surface area (Å²) in [4.78, 5) is 14.8. The van der Waals surface area contributed by atoms with Gasteiger partial charge in [0.2, 0.25) is 0 Å². The standard InChI is InChI=1S/C42H43N3Si2/c1-42(2)36-17-10-9-15-35(36)38-34(16-12-18-37(38)42)30-13-11-14-31(27-30)41-44-39(28-19-23-32(24-20-28)46(3,4)5)43-40(45-41)29-21-25-33(26-22-29)47(6,7)8/h9-27H,1-8H3/i11D,13D,14D,27D. The number of nitrogens with zero attached hydrogens (tertiary/aromatic N) is 3. The van der Waals surface area contributed by atoms with Crippen molar-refractivity contribution in [2.75, 3.05) is 0 Å². The Bertz CT molecular complexity index is 2260. The van der Waals surface area contributed by atoms with Crippen LogP contribution in [0.15, 0.2) is 115 Å². The molecule has 1 aliphatic rings. The Morgan fingerprint density at radius 2 is 0.979 bits per heavy atom. The minimum Gasteiger partial charge on any atom is -0.208 e. The van der Waals surface area contributed by atoms with Crippen molar-refractivity contribution in [3.8, 4) is 56.4 Å². The molecule has 0 spiro atoms. The minimum atomic E-state index is -1.55. The van der Waals surface area contributed by atoms with E-state index in [9.17, 15) is 1.37 Å². The molecule has 1 heterocycles. The molecule has 47 heavy (non-hydrogen) atoms. The molecule has 0 aliphatic heterocycles. The smallest absolute Gasteiger partial charge is 0.164 e. The normalized spacial score (nSPS) is 14.9. The van der Waals surface area contributed by atoms with Crippen LogP contribution in [-0.4, -0.2) is 31.1 Å². The second kappa shape index (κ2) is 11.4. The quantitative estimate of drug-likeness (QED) is 0.169. The monoisotopic (exact) mass is 649 g/mol. The van der Waals surface area contributed by atoms with Crippen LogP contribution in [0.2, 0.25) is 39.3 Å². The van der Waals surface area contributed by atoms with E-state index < -0.39 is 16.1 Å². The molecule has 0 bridgehead atoms. The summed E-state index contributed by atoms with van der Waals surface area (Å²) in [6.07, 6.45) is 0. The van der Waals surface area contributed by atoms with Gasteiger partial charge in [0.05, 0.1) is 21.6 Å². The van der Waals surface area contributed by atoms with E-state index in [-0.39, 0.29) is 41.0 Å². The van der Waals surface area contributed by atoms with Gasteiger partial charge in [-0.3, -0.25) is 0 Å². The Hall–Kier alpha value is -4.46. The first-order valence-electron chi connectivity index (χ1n) is 18.3. The lowest BCUT2D eigenvalue weighted by molar-refractivity contribution is 0.660. The van der Waals surface area contributed by atoms with Crippen LogP contribution in [0.3, 0.4) is 0 Å². The van der Waals surface area contributed by atoms with Crippen LogP contribution < -0.4 is 10.4 Å². The third kappa shape index (κ3) is 5.72. The van der Waals surface area contributed by atoms with E-state index in [0.29, 0.717) is 22.8 Å². The number of fused-ring (bicyclic) bond motifs is 3. The van der Waals surface area contributed by atoms with Crippen molar-refractivity contribution < 1.29 is 5.48 Å². The van der Waals surface area contributed by atoms with Gasteiger partial charge in [0, 0.05) is 22.1 Å². The molecule has 1 aliphatic carbocycles. The Balaban J connectivity index is 1.48. The zero-order chi connectivity index (χ0) is 36.6. The van der Waals surface area contributed by atoms with Crippen molar-refractivity contribution in [3.05, 3.63) is 126 Å². The number of benzene rings is 5. The van der Waals surface area contributed by atoms with Crippen LogP contribution in [0.4, 0.5) is 0 Å². The van der Waals surface area contributed by atoms with E-state index in [1.807, 2.05) is 48.5 Å². The number of rotatable bonds is 6. The van der Waals surface area contributed by atoms with Gasteiger partial charge in [0.15, 0.2) is 17.5 Å². The molecule has 0 unspecified atom stereocenters. The Morgan fingerprint density at radius 1 is 0.511 bits per heavy atom. The highest BCUT2D eigenvalue weighted by atomic mass is 28.3. The highest BCUT2D eigenvalue weighted by molar-refractivity contribution is 6.89. The van der Waals surface area contributed by atoms with Crippen LogP contribution in [0.1, 0.15) is 30.5 Å². The van der Waals surface area contributed by atoms with E-state index in [1.165, 1.54) is 15.9 Å². The summed E-state index contributed by atoms with van der Waals surface area (Å²) < 4.78 is 37.0. The van der Waals surface area contributed by atoms with Crippen molar-refractivity contribution in [1.29, 1.82) is 0 Å². The Kier molecular flexibility index (Phi) is 6.43. The van der Waals surface area contributed by atoms with Gasteiger partial charge in [-0.05, 0) is 39.4 Å². The summed E-state index contributed by atoms with van der Waals surface area (Å²) in [5, 5.41) is 2.64. The topological polar surface area (TPSA) is 38.7 Å². The van der Waals surface area contributed by atoms with Crippen molar-refractivity contribution in [1.82, 2.24) is 15.0 Å². The van der Waals surface area contributed by atoms with Gasteiger partial charge in [-0.15, -0.1) is 0 Å². The first-order valence-corrected chi connectivity index (χ1v) is 23.3. The van der Waals surface area contributed by atoms with Crippen molar-refractivity contribution in [3.63, 3.8) is 0 Å². The summed E-state index contributed by atoms with van der Waals surface area (Å²) in [7, 11) is -3.09. The lowest BCUT2D eigenvalue weighted by Crippen LogP contribution is -2.37. The van der Waals surface area contributed by atoms with E-state index in [2.05, 4.69) is 95.6 Å². The van der Waals surface area contributed by atoms with Gasteiger partial charge in [-0.2, -0.15) is 0 Å². The first kappa shape index (κ1) is 26.6. The molecule has 5 heteroatoms. The average molecular weight is 650 g/mol. The zero-order valence-electron chi connectivity index (χ0n) is 32.5. The van der Waals surface area contributed by atoms with Gasteiger partial charge in [-0.25, -0.2) is 15.0 Å². The highest BCUT2D eigenvalue weighted by Crippen LogP contribution is 2.52. The van der Waals surface area contributed by atoms with Crippen LogP contribution in [0.5, 0.6) is 0 Å². The highest BCUT2D eigenvalue weighted by Gasteiger charge is 2.36. The van der Waals surface area contributed by atoms with E-state index in [4.69, 9.17) is 19.1 Å². The van der Waals surface area contributed by atoms with Crippen LogP contribution in [-0.2, 0) is 5.41 Å². The van der Waals surface area contributed by atoms with E-state index >= 15 is 0 Å². The molecule has 7 rings (SSSR count). The third-order valence-corrected chi connectivity index (χ3v) is 13.5. The molecule has 0 atom stereocenters. The zero-order valence-corrected chi connectivity index (χ0v) is 30.5. The molecule has 0 saturated carbocycles. The number of hydrogen-bond donors (Lipinski definition) is 0. The Morgan fingerprint density at radius 3 is 1.53 bits per heavy atom. The number of aromatic nitrogens is 3. The summed E-state index contributed by atoms with van der Waals surface area (Å²) in [5.41, 5.74) is 6.78. The molecule has 5 aromatic carbocycles. The second-order valence-corrected chi connectivity index (χ2v) is 25.3. The van der Waals surface area contributed by atoms with Gasteiger partial charge in [0.25, 0.3) is 0 Å². The van der Waals surface area contributed by atoms with E-state index in [1.54, 1.807) is 0 Å². The molecular formula is C42H43N3Si2. The van der Waals surface area contributed by atoms with Crippen LogP contribution in [0, 0.1) is 0 Å². The molecule has 1 aromatic heterocycles. The van der Waals surface area contributed by atoms with Gasteiger partial charge in [0.1, 0.15) is 0 Å². The fourth-order valence-electron chi connectivity index (χ4n) is 6.54. The lowest BCUT2D eigenvalue weighted by atomic mass is 9.82. The molecular weight excluding hydrogens is 603 g/mol. The molecule has 0 fully saturated rings. The van der Waals surface area contributed by atoms with E-state index in [0.717, 1.165) is 27.8 Å². The predicted molar refractivity (Wildman–Crippen MR) is 205 cm³/mol. The third-order valence-electron chi connectivity index (χ3n) is 9.38. The SMILES string of the molecule is [2H]c1c([2H])c(-c2nc(-c3ccc([Si](C)(C)C)cc3)nc(-c3ccc([Si](C)(C)C)cc3)n2)c([2H])c(-c2cccc3c2-c2ccccc2C3(C)C)c1[2H]. The maximum Gasteiger partial charge on any atom is 0.164 e. The summed E-state index contributed by atoms with van der Waals surface area (Å²) in [6, 6.07) is 30.3. The molecule has 0 amide bonds. The second-order valence-electron chi connectivity index (χ2n) is 15.1. The van der Waals surface area contributed by atoms with Gasteiger partial charge >= 0.3 is 0 Å². The van der Waals surface area contributed by atoms with Gasteiger partial charge in [-0.1, -0.05) is 173 Å². The molecule has 0 radical (unpaired) electrons. The Labute approximate surface area is 287 Å². The summed E-state index contributed by atoms with van der Waals surface area (Å²) >= 11 is 0. The van der Waals surface area contributed by atoms with Crippen LogP contribution >= 0.6 is 0 Å². The fourth-order valence-corrected chi connectivity index (χ4v) is 8.87. The van der Waals surface area contributed by atoms with Crippen molar-refractivity contribution in [2.24, 2.45) is 0 Å². The van der Waals surface area contributed by atoms with Crippen molar-refractivity contribution in [2.45, 2.75) is 58.5 Å². The maximum atomic E-state index is 9.67.